The highest BCUT2D eigenvalue weighted by Gasteiger charge is 2.18. The lowest BCUT2D eigenvalue weighted by Crippen LogP contribution is -2.46. The number of rotatable bonds is 6. The predicted octanol–water partition coefficient (Wildman–Crippen LogP) is 3.47. The van der Waals surface area contributed by atoms with Crippen LogP contribution in [0, 0.1) is 0 Å². The van der Waals surface area contributed by atoms with Crippen molar-refractivity contribution < 1.29 is 19.1 Å². The van der Waals surface area contributed by atoms with Crippen LogP contribution in [0.5, 0.6) is 5.75 Å². The molecule has 3 amide bonds. The van der Waals surface area contributed by atoms with Gasteiger partial charge in [0.2, 0.25) is 0 Å². The standard InChI is InChI=1S/C18H23ClN2O4/c1-2-15(22)14-10-12(19)8-9-16(14)25-11-17(23)21-18(24)20-13-6-4-3-5-7-13/h8-10,13H,2-7,11H2,1H3,(H2,20,21,23,24). The molecule has 0 saturated heterocycles. The number of urea groups is 1. The maximum absolute atomic E-state index is 11.9. The van der Waals surface area contributed by atoms with Gasteiger partial charge in [-0.2, -0.15) is 0 Å². The van der Waals surface area contributed by atoms with E-state index in [1.165, 1.54) is 12.5 Å². The Hall–Kier alpha value is -2.08. The second kappa shape index (κ2) is 9.42. The summed E-state index contributed by atoms with van der Waals surface area (Å²) >= 11 is 5.90. The van der Waals surface area contributed by atoms with Gasteiger partial charge < -0.3 is 10.1 Å². The Kier molecular flexibility index (Phi) is 7.25. The molecule has 2 N–H and O–H groups in total. The number of Topliss-reactive ketones (excluding diaryl/α,β-unsaturated/α-hetero) is 1. The van der Waals surface area contributed by atoms with Gasteiger partial charge in [0, 0.05) is 17.5 Å². The minimum Gasteiger partial charge on any atom is -0.483 e. The number of benzene rings is 1. The molecule has 0 atom stereocenters. The number of ketones is 1. The maximum Gasteiger partial charge on any atom is 0.321 e. The van der Waals surface area contributed by atoms with Gasteiger partial charge in [0.25, 0.3) is 5.91 Å². The van der Waals surface area contributed by atoms with E-state index in [2.05, 4.69) is 10.6 Å². The molecule has 6 nitrogen and oxygen atoms in total. The van der Waals surface area contributed by atoms with Crippen molar-refractivity contribution in [1.29, 1.82) is 0 Å². The lowest BCUT2D eigenvalue weighted by molar-refractivity contribution is -0.122. The summed E-state index contributed by atoms with van der Waals surface area (Å²) in [6, 6.07) is 4.24. The largest absolute Gasteiger partial charge is 0.483 e. The van der Waals surface area contributed by atoms with Crippen molar-refractivity contribution in [2.45, 2.75) is 51.5 Å². The summed E-state index contributed by atoms with van der Waals surface area (Å²) < 4.78 is 5.40. The molecule has 136 valence electrons. The van der Waals surface area contributed by atoms with Gasteiger partial charge >= 0.3 is 6.03 Å². The highest BCUT2D eigenvalue weighted by molar-refractivity contribution is 6.31. The van der Waals surface area contributed by atoms with Gasteiger partial charge in [-0.3, -0.25) is 14.9 Å². The van der Waals surface area contributed by atoms with Gasteiger partial charge in [0.05, 0.1) is 5.56 Å². The average molecular weight is 367 g/mol. The zero-order chi connectivity index (χ0) is 18.2. The summed E-state index contributed by atoms with van der Waals surface area (Å²) in [7, 11) is 0. The highest BCUT2D eigenvalue weighted by Crippen LogP contribution is 2.24. The van der Waals surface area contributed by atoms with E-state index in [4.69, 9.17) is 16.3 Å². The lowest BCUT2D eigenvalue weighted by Gasteiger charge is -2.22. The van der Waals surface area contributed by atoms with Crippen LogP contribution in [0.2, 0.25) is 5.02 Å². The van der Waals surface area contributed by atoms with E-state index in [1.54, 1.807) is 19.1 Å². The fourth-order valence-electron chi connectivity index (χ4n) is 2.81. The molecule has 0 aliphatic heterocycles. The van der Waals surface area contributed by atoms with Gasteiger partial charge in [-0.05, 0) is 31.0 Å². The van der Waals surface area contributed by atoms with E-state index in [1.807, 2.05) is 0 Å². The van der Waals surface area contributed by atoms with Crippen molar-refractivity contribution in [2.75, 3.05) is 6.61 Å². The first-order valence-corrected chi connectivity index (χ1v) is 8.93. The predicted molar refractivity (Wildman–Crippen MR) is 95.1 cm³/mol. The topological polar surface area (TPSA) is 84.5 Å². The van der Waals surface area contributed by atoms with Crippen LogP contribution in [-0.2, 0) is 4.79 Å². The molecule has 0 spiro atoms. The molecule has 0 heterocycles. The number of hydrogen-bond acceptors (Lipinski definition) is 4. The second-order valence-electron chi connectivity index (χ2n) is 6.06. The summed E-state index contributed by atoms with van der Waals surface area (Å²) in [6.45, 7) is 1.37. The molecule has 0 aromatic heterocycles. The van der Waals surface area contributed by atoms with Crippen molar-refractivity contribution >= 4 is 29.3 Å². The molecule has 1 aromatic carbocycles. The van der Waals surface area contributed by atoms with E-state index >= 15 is 0 Å². The molecule has 1 fully saturated rings. The van der Waals surface area contributed by atoms with Crippen LogP contribution in [0.1, 0.15) is 55.8 Å². The van der Waals surface area contributed by atoms with Gasteiger partial charge in [-0.25, -0.2) is 4.79 Å². The molecule has 0 unspecified atom stereocenters. The quantitative estimate of drug-likeness (QED) is 0.755. The van der Waals surface area contributed by atoms with Crippen LogP contribution in [0.4, 0.5) is 4.79 Å². The monoisotopic (exact) mass is 366 g/mol. The third kappa shape index (κ3) is 6.05. The molecule has 25 heavy (non-hydrogen) atoms. The molecule has 7 heteroatoms. The van der Waals surface area contributed by atoms with Crippen LogP contribution < -0.4 is 15.4 Å². The van der Waals surface area contributed by atoms with Crippen LogP contribution in [0.3, 0.4) is 0 Å². The van der Waals surface area contributed by atoms with Crippen molar-refractivity contribution in [2.24, 2.45) is 0 Å². The summed E-state index contributed by atoms with van der Waals surface area (Å²) in [6.07, 6.45) is 5.54. The molecule has 0 radical (unpaired) electrons. The zero-order valence-electron chi connectivity index (χ0n) is 14.3. The molecule has 1 aliphatic rings. The Morgan fingerprint density at radius 2 is 1.92 bits per heavy atom. The number of ether oxygens (including phenoxy) is 1. The summed E-state index contributed by atoms with van der Waals surface area (Å²) in [5, 5.41) is 5.46. The van der Waals surface area contributed by atoms with E-state index in [-0.39, 0.29) is 24.2 Å². The van der Waals surface area contributed by atoms with Crippen LogP contribution in [-0.4, -0.2) is 30.4 Å². The van der Waals surface area contributed by atoms with Gasteiger partial charge in [0.15, 0.2) is 12.4 Å². The summed E-state index contributed by atoms with van der Waals surface area (Å²) in [5.41, 5.74) is 0.328. The molecule has 1 saturated carbocycles. The fourth-order valence-corrected chi connectivity index (χ4v) is 2.98. The van der Waals surface area contributed by atoms with Crippen molar-refractivity contribution in [3.8, 4) is 5.75 Å². The first-order chi connectivity index (χ1) is 12.0. The van der Waals surface area contributed by atoms with Crippen LogP contribution in [0.15, 0.2) is 18.2 Å². The first kappa shape index (κ1) is 19.2. The SMILES string of the molecule is CCC(=O)c1cc(Cl)ccc1OCC(=O)NC(=O)NC1CCCCC1. The zero-order valence-corrected chi connectivity index (χ0v) is 15.0. The molecule has 1 aromatic rings. The maximum atomic E-state index is 11.9. The molecule has 1 aliphatic carbocycles. The highest BCUT2D eigenvalue weighted by atomic mass is 35.5. The Morgan fingerprint density at radius 1 is 1.20 bits per heavy atom. The fraction of sp³-hybridized carbons (Fsp3) is 0.500. The van der Waals surface area contributed by atoms with Crippen LogP contribution in [0.25, 0.3) is 0 Å². The minimum atomic E-state index is -0.571. The molecular weight excluding hydrogens is 344 g/mol. The third-order valence-electron chi connectivity index (χ3n) is 4.12. The normalized spacial score (nSPS) is 14.6. The lowest BCUT2D eigenvalue weighted by atomic mass is 9.96. The second-order valence-corrected chi connectivity index (χ2v) is 6.50. The Bertz CT molecular complexity index is 642. The number of hydrogen-bond donors (Lipinski definition) is 2. The molecular formula is C18H23ClN2O4. The smallest absolute Gasteiger partial charge is 0.321 e. The van der Waals surface area contributed by atoms with Crippen LogP contribution >= 0.6 is 11.6 Å². The Morgan fingerprint density at radius 3 is 2.60 bits per heavy atom. The Balaban J connectivity index is 1.85. The molecule has 2 rings (SSSR count). The van der Waals surface area contributed by atoms with Crippen molar-refractivity contribution in [1.82, 2.24) is 10.6 Å². The summed E-state index contributed by atoms with van der Waals surface area (Å²) in [4.78, 5) is 35.6. The number of imide groups is 1. The number of carbonyl (C=O) groups is 3. The number of carbonyl (C=O) groups excluding carboxylic acids is 3. The summed E-state index contributed by atoms with van der Waals surface area (Å²) in [5.74, 6) is -0.426. The van der Waals surface area contributed by atoms with E-state index in [0.717, 1.165) is 25.7 Å². The number of halogens is 1. The van der Waals surface area contributed by atoms with Gasteiger partial charge in [-0.1, -0.05) is 37.8 Å². The third-order valence-corrected chi connectivity index (χ3v) is 4.35. The van der Waals surface area contributed by atoms with Crippen molar-refractivity contribution in [3.63, 3.8) is 0 Å². The first-order valence-electron chi connectivity index (χ1n) is 8.55. The number of amides is 3. The van der Waals surface area contributed by atoms with E-state index in [0.29, 0.717) is 17.0 Å². The van der Waals surface area contributed by atoms with Gasteiger partial charge in [0.1, 0.15) is 5.75 Å². The number of nitrogens with one attached hydrogen (secondary N) is 2. The average Bonchev–Trinajstić information content (AvgIpc) is 2.60. The van der Waals surface area contributed by atoms with E-state index in [9.17, 15) is 14.4 Å². The molecule has 0 bridgehead atoms. The Labute approximate surface area is 152 Å². The van der Waals surface area contributed by atoms with Crippen molar-refractivity contribution in [3.05, 3.63) is 28.8 Å². The van der Waals surface area contributed by atoms with Gasteiger partial charge in [-0.15, -0.1) is 0 Å². The minimum absolute atomic E-state index is 0.118. The van der Waals surface area contributed by atoms with E-state index < -0.39 is 11.9 Å².